The molecule has 0 saturated carbocycles. The van der Waals surface area contributed by atoms with E-state index in [1.165, 1.54) is 18.9 Å². The number of nitrogens with two attached hydrogens (primary N) is 2. The molecule has 1 heterocycles. The zero-order valence-electron chi connectivity index (χ0n) is 11.2. The van der Waals surface area contributed by atoms with Gasteiger partial charge in [-0.1, -0.05) is 19.4 Å². The van der Waals surface area contributed by atoms with E-state index < -0.39 is 10.0 Å². The highest BCUT2D eigenvalue weighted by atomic mass is 32.2. The van der Waals surface area contributed by atoms with E-state index in [1.54, 1.807) is 6.07 Å². The Morgan fingerprint density at radius 1 is 1.42 bits per heavy atom. The minimum atomic E-state index is -3.76. The molecule has 1 aliphatic heterocycles. The van der Waals surface area contributed by atoms with Crippen LogP contribution in [0.4, 0.5) is 11.4 Å². The van der Waals surface area contributed by atoms with Gasteiger partial charge >= 0.3 is 0 Å². The molecule has 0 bridgehead atoms. The molecule has 106 valence electrons. The Kier molecular flexibility index (Phi) is 4.01. The fourth-order valence-corrected chi connectivity index (χ4v) is 3.43. The summed E-state index contributed by atoms with van der Waals surface area (Å²) in [6, 6.07) is 5.00. The van der Waals surface area contributed by atoms with Crippen LogP contribution in [0.3, 0.4) is 0 Å². The first-order chi connectivity index (χ1) is 8.93. The summed E-state index contributed by atoms with van der Waals surface area (Å²) in [5, 5.41) is 5.17. The van der Waals surface area contributed by atoms with Gasteiger partial charge in [-0.3, -0.25) is 0 Å². The van der Waals surface area contributed by atoms with Crippen molar-refractivity contribution in [3.8, 4) is 0 Å². The number of hydrogen-bond donors (Lipinski definition) is 2. The maximum absolute atomic E-state index is 11.5. The summed E-state index contributed by atoms with van der Waals surface area (Å²) in [5.74, 6) is 0.669. The summed E-state index contributed by atoms with van der Waals surface area (Å²) in [4.78, 5) is 2.17. The van der Waals surface area contributed by atoms with E-state index >= 15 is 0 Å². The minimum absolute atomic E-state index is 0.0175. The lowest BCUT2D eigenvalue weighted by molar-refractivity contribution is 0.530. The third kappa shape index (κ3) is 3.01. The molecular weight excluding hydrogens is 262 g/mol. The van der Waals surface area contributed by atoms with Crippen molar-refractivity contribution in [2.75, 3.05) is 23.7 Å². The van der Waals surface area contributed by atoms with E-state index in [2.05, 4.69) is 11.8 Å². The Bertz CT molecular complexity index is 557. The molecule has 4 N–H and O–H groups in total. The van der Waals surface area contributed by atoms with E-state index in [0.717, 1.165) is 25.2 Å². The maximum atomic E-state index is 11.5. The van der Waals surface area contributed by atoms with Gasteiger partial charge in [-0.2, -0.15) is 0 Å². The average Bonchev–Trinajstić information content (AvgIpc) is 2.76. The van der Waals surface area contributed by atoms with Gasteiger partial charge in [0.25, 0.3) is 0 Å². The number of benzene rings is 1. The third-order valence-electron chi connectivity index (χ3n) is 3.67. The van der Waals surface area contributed by atoms with Gasteiger partial charge in [-0.05, 0) is 30.9 Å². The number of nitrogen functional groups attached to an aromatic ring is 1. The predicted octanol–water partition coefficient (Wildman–Crippen LogP) is 1.54. The molecule has 1 aromatic rings. The van der Waals surface area contributed by atoms with Gasteiger partial charge in [0.2, 0.25) is 10.0 Å². The van der Waals surface area contributed by atoms with Crippen LogP contribution >= 0.6 is 0 Å². The number of para-hydroxylation sites is 1. The van der Waals surface area contributed by atoms with Crippen molar-refractivity contribution in [3.05, 3.63) is 18.2 Å². The van der Waals surface area contributed by atoms with Crippen molar-refractivity contribution in [1.29, 1.82) is 0 Å². The number of anilines is 2. The molecule has 1 aliphatic rings. The highest BCUT2D eigenvalue weighted by Crippen LogP contribution is 2.33. The monoisotopic (exact) mass is 283 g/mol. The Morgan fingerprint density at radius 2 is 2.16 bits per heavy atom. The smallest absolute Gasteiger partial charge is 0.240 e. The molecule has 0 aliphatic carbocycles. The van der Waals surface area contributed by atoms with E-state index in [0.29, 0.717) is 5.92 Å². The van der Waals surface area contributed by atoms with Gasteiger partial charge in [0, 0.05) is 13.1 Å². The quantitative estimate of drug-likeness (QED) is 0.820. The lowest BCUT2D eigenvalue weighted by Gasteiger charge is -2.21. The van der Waals surface area contributed by atoms with Crippen LogP contribution < -0.4 is 15.8 Å². The van der Waals surface area contributed by atoms with Gasteiger partial charge in [-0.15, -0.1) is 0 Å². The molecule has 1 aromatic carbocycles. The molecule has 19 heavy (non-hydrogen) atoms. The number of rotatable bonds is 4. The summed E-state index contributed by atoms with van der Waals surface area (Å²) >= 11 is 0. The standard InChI is InChI=1S/C13H21N3O2S/c1-2-4-10-7-8-16(9-10)11-5-3-6-12(13(11)14)19(15,17)18/h3,5-6,10H,2,4,7-9,14H2,1H3,(H2,15,17,18). The molecule has 0 spiro atoms. The van der Waals surface area contributed by atoms with Gasteiger partial charge < -0.3 is 10.6 Å². The molecular formula is C13H21N3O2S. The fourth-order valence-electron chi connectivity index (χ4n) is 2.75. The molecule has 1 atom stereocenters. The molecule has 0 amide bonds. The van der Waals surface area contributed by atoms with Crippen LogP contribution in [0.15, 0.2) is 23.1 Å². The molecule has 1 saturated heterocycles. The maximum Gasteiger partial charge on any atom is 0.240 e. The van der Waals surface area contributed by atoms with E-state index in [9.17, 15) is 8.42 Å². The molecule has 1 unspecified atom stereocenters. The van der Waals surface area contributed by atoms with Crippen molar-refractivity contribution in [2.24, 2.45) is 11.1 Å². The normalized spacial score (nSPS) is 19.9. The van der Waals surface area contributed by atoms with Crippen LogP contribution in [0.25, 0.3) is 0 Å². The Labute approximate surface area is 114 Å². The van der Waals surface area contributed by atoms with Crippen molar-refractivity contribution in [1.82, 2.24) is 0 Å². The van der Waals surface area contributed by atoms with Gasteiger partial charge in [-0.25, -0.2) is 13.6 Å². The number of sulfonamides is 1. The average molecular weight is 283 g/mol. The minimum Gasteiger partial charge on any atom is -0.396 e. The van der Waals surface area contributed by atoms with Crippen molar-refractivity contribution >= 4 is 21.4 Å². The molecule has 2 rings (SSSR count). The first kappa shape index (κ1) is 14.1. The lowest BCUT2D eigenvalue weighted by Crippen LogP contribution is -2.22. The van der Waals surface area contributed by atoms with Gasteiger partial charge in [0.1, 0.15) is 4.90 Å². The molecule has 1 fully saturated rings. The van der Waals surface area contributed by atoms with Crippen molar-refractivity contribution in [3.63, 3.8) is 0 Å². The zero-order valence-corrected chi connectivity index (χ0v) is 12.0. The second kappa shape index (κ2) is 5.38. The highest BCUT2D eigenvalue weighted by Gasteiger charge is 2.25. The number of nitrogens with zero attached hydrogens (tertiary/aromatic N) is 1. The molecule has 0 aromatic heterocycles. The summed E-state index contributed by atoms with van der Waals surface area (Å²) < 4.78 is 22.9. The Morgan fingerprint density at radius 3 is 2.79 bits per heavy atom. The molecule has 5 nitrogen and oxygen atoms in total. The Hall–Kier alpha value is -1.27. The Balaban J connectivity index is 2.27. The SMILES string of the molecule is CCCC1CCN(c2cccc(S(N)(=O)=O)c2N)C1. The van der Waals surface area contributed by atoms with Crippen molar-refractivity contribution < 1.29 is 8.42 Å². The van der Waals surface area contributed by atoms with E-state index in [1.807, 2.05) is 6.07 Å². The van der Waals surface area contributed by atoms with Crippen LogP contribution in [-0.4, -0.2) is 21.5 Å². The zero-order chi connectivity index (χ0) is 14.0. The number of hydrogen-bond acceptors (Lipinski definition) is 4. The largest absolute Gasteiger partial charge is 0.396 e. The number of primary sulfonamides is 1. The van der Waals surface area contributed by atoms with Crippen LogP contribution in [0.1, 0.15) is 26.2 Å². The topological polar surface area (TPSA) is 89.4 Å². The predicted molar refractivity (Wildman–Crippen MR) is 77.5 cm³/mol. The third-order valence-corrected chi connectivity index (χ3v) is 4.64. The lowest BCUT2D eigenvalue weighted by atomic mass is 10.0. The van der Waals surface area contributed by atoms with Crippen LogP contribution in [0.2, 0.25) is 0 Å². The van der Waals surface area contributed by atoms with E-state index in [-0.39, 0.29) is 10.6 Å². The first-order valence-corrected chi connectivity index (χ1v) is 8.14. The summed E-state index contributed by atoms with van der Waals surface area (Å²) in [6.45, 7) is 4.04. The summed E-state index contributed by atoms with van der Waals surface area (Å²) in [5.41, 5.74) is 7.02. The highest BCUT2D eigenvalue weighted by molar-refractivity contribution is 7.89. The van der Waals surface area contributed by atoms with Crippen LogP contribution in [0.5, 0.6) is 0 Å². The van der Waals surface area contributed by atoms with Gasteiger partial charge in [0.05, 0.1) is 11.4 Å². The van der Waals surface area contributed by atoms with Crippen LogP contribution in [-0.2, 0) is 10.0 Å². The van der Waals surface area contributed by atoms with Crippen LogP contribution in [0, 0.1) is 5.92 Å². The first-order valence-electron chi connectivity index (χ1n) is 6.59. The second-order valence-electron chi connectivity index (χ2n) is 5.12. The van der Waals surface area contributed by atoms with Gasteiger partial charge in [0.15, 0.2) is 0 Å². The van der Waals surface area contributed by atoms with E-state index in [4.69, 9.17) is 10.9 Å². The fraction of sp³-hybridized carbons (Fsp3) is 0.538. The van der Waals surface area contributed by atoms with Crippen molar-refractivity contribution in [2.45, 2.75) is 31.1 Å². The molecule has 0 radical (unpaired) electrons. The molecule has 6 heteroatoms. The summed E-state index contributed by atoms with van der Waals surface area (Å²) in [7, 11) is -3.76. The summed E-state index contributed by atoms with van der Waals surface area (Å²) in [6.07, 6.45) is 3.50. The second-order valence-corrected chi connectivity index (χ2v) is 6.65.